The van der Waals surface area contributed by atoms with Crippen LogP contribution in [0.2, 0.25) is 0 Å². The quantitative estimate of drug-likeness (QED) is 0.762. The van der Waals surface area contributed by atoms with E-state index >= 15 is 0 Å². The molecule has 5 rings (SSSR count). The third-order valence-corrected chi connectivity index (χ3v) is 7.16. The Bertz CT molecular complexity index is 808. The van der Waals surface area contributed by atoms with Crippen molar-refractivity contribution in [3.05, 3.63) is 29.3 Å². The average molecular weight is 381 g/mol. The van der Waals surface area contributed by atoms with Crippen molar-refractivity contribution in [3.8, 4) is 0 Å². The van der Waals surface area contributed by atoms with E-state index in [9.17, 15) is 14.4 Å². The predicted octanol–water partition coefficient (Wildman–Crippen LogP) is 1.73. The summed E-state index contributed by atoms with van der Waals surface area (Å²) in [4.78, 5) is 38.9. The van der Waals surface area contributed by atoms with E-state index in [2.05, 4.69) is 28.8 Å². The van der Waals surface area contributed by atoms with Gasteiger partial charge in [0.1, 0.15) is 6.54 Å². The van der Waals surface area contributed by atoms with Crippen LogP contribution in [0.4, 0.5) is 5.69 Å². The first-order valence-corrected chi connectivity index (χ1v) is 10.6. The number of aryl methyl sites for hydroxylation is 1. The number of nitrogens with one attached hydrogen (secondary N) is 2. The number of anilines is 1. The summed E-state index contributed by atoms with van der Waals surface area (Å²) >= 11 is 0. The van der Waals surface area contributed by atoms with Gasteiger partial charge in [0.25, 0.3) is 0 Å². The van der Waals surface area contributed by atoms with Crippen LogP contribution < -0.4 is 10.6 Å². The van der Waals surface area contributed by atoms with E-state index in [-0.39, 0.29) is 36.1 Å². The van der Waals surface area contributed by atoms with Gasteiger partial charge in [0, 0.05) is 18.8 Å². The Balaban J connectivity index is 1.14. The summed E-state index contributed by atoms with van der Waals surface area (Å²) in [5.41, 5.74) is 3.75. The van der Waals surface area contributed by atoms with Crippen LogP contribution in [0.5, 0.6) is 0 Å². The van der Waals surface area contributed by atoms with Gasteiger partial charge in [-0.05, 0) is 67.6 Å². The van der Waals surface area contributed by atoms with Crippen molar-refractivity contribution in [2.24, 2.45) is 23.7 Å². The maximum absolute atomic E-state index is 12.7. The summed E-state index contributed by atoms with van der Waals surface area (Å²) in [6.45, 7) is 1.41. The lowest BCUT2D eigenvalue weighted by molar-refractivity contribution is -0.144. The number of hydrogen-bond donors (Lipinski definition) is 2. The van der Waals surface area contributed by atoms with Gasteiger partial charge in [-0.25, -0.2) is 0 Å². The highest BCUT2D eigenvalue weighted by Gasteiger charge is 2.60. The van der Waals surface area contributed by atoms with Crippen LogP contribution in [0.3, 0.4) is 0 Å². The molecule has 1 saturated heterocycles. The summed E-state index contributed by atoms with van der Waals surface area (Å²) in [6, 6.07) is 6.41. The van der Waals surface area contributed by atoms with Crippen LogP contribution in [0.1, 0.15) is 36.8 Å². The minimum Gasteiger partial charge on any atom is -0.385 e. The summed E-state index contributed by atoms with van der Waals surface area (Å²) in [7, 11) is 0. The largest absolute Gasteiger partial charge is 0.385 e. The van der Waals surface area contributed by atoms with E-state index in [1.165, 1.54) is 21.7 Å². The fourth-order valence-electron chi connectivity index (χ4n) is 5.86. The van der Waals surface area contributed by atoms with Crippen LogP contribution in [-0.4, -0.2) is 42.3 Å². The van der Waals surface area contributed by atoms with Crippen molar-refractivity contribution in [3.63, 3.8) is 0 Å². The highest BCUT2D eigenvalue weighted by Crippen LogP contribution is 2.56. The number of hydrogen-bond acceptors (Lipinski definition) is 4. The molecule has 2 saturated carbocycles. The van der Waals surface area contributed by atoms with Gasteiger partial charge in [0.05, 0.1) is 11.8 Å². The fourth-order valence-corrected chi connectivity index (χ4v) is 5.86. The van der Waals surface area contributed by atoms with Crippen LogP contribution in [0.25, 0.3) is 0 Å². The van der Waals surface area contributed by atoms with Gasteiger partial charge in [-0.2, -0.15) is 0 Å². The minimum atomic E-state index is -0.242. The number of carbonyl (C=O) groups is 3. The van der Waals surface area contributed by atoms with E-state index in [4.69, 9.17) is 0 Å². The smallest absolute Gasteiger partial charge is 0.240 e. The molecule has 148 valence electrons. The number of carbonyl (C=O) groups excluding carboxylic acids is 3. The first-order chi connectivity index (χ1) is 13.6. The average Bonchev–Trinajstić information content (AvgIpc) is 3.38. The Hall–Kier alpha value is -2.37. The van der Waals surface area contributed by atoms with E-state index in [0.29, 0.717) is 18.4 Å². The van der Waals surface area contributed by atoms with Gasteiger partial charge in [0.15, 0.2) is 0 Å². The number of nitrogens with zero attached hydrogens (tertiary/aromatic N) is 1. The molecule has 1 aromatic carbocycles. The van der Waals surface area contributed by atoms with Gasteiger partial charge in [-0.15, -0.1) is 0 Å². The maximum atomic E-state index is 12.7. The second-order valence-electron chi connectivity index (χ2n) is 8.77. The molecule has 3 fully saturated rings. The molecule has 4 atom stereocenters. The molecule has 2 N–H and O–H groups in total. The highest BCUT2D eigenvalue weighted by atomic mass is 16.2. The molecule has 3 amide bonds. The molecule has 28 heavy (non-hydrogen) atoms. The molecule has 2 aliphatic heterocycles. The molecule has 1 aromatic rings. The van der Waals surface area contributed by atoms with E-state index in [1.807, 2.05) is 0 Å². The third-order valence-electron chi connectivity index (χ3n) is 7.16. The Labute approximate surface area is 165 Å². The molecule has 6 nitrogen and oxygen atoms in total. The second-order valence-corrected chi connectivity index (χ2v) is 8.77. The minimum absolute atomic E-state index is 0.112. The van der Waals surface area contributed by atoms with Crippen LogP contribution >= 0.6 is 0 Å². The molecule has 2 aliphatic carbocycles. The van der Waals surface area contributed by atoms with Crippen molar-refractivity contribution >= 4 is 23.4 Å². The van der Waals surface area contributed by atoms with Crippen molar-refractivity contribution < 1.29 is 14.4 Å². The van der Waals surface area contributed by atoms with E-state index in [1.54, 1.807) is 0 Å². The van der Waals surface area contributed by atoms with Gasteiger partial charge in [-0.1, -0.05) is 12.1 Å². The number of benzene rings is 1. The number of rotatable bonds is 5. The molecular weight excluding hydrogens is 354 g/mol. The molecule has 1 unspecified atom stereocenters. The SMILES string of the molecule is O=C(CN1C(=O)[C@H]2[C@H]3CCC(C3)[C@H]2C1=O)NCCc1ccc2c(c1)CCCN2. The van der Waals surface area contributed by atoms with Crippen molar-refractivity contribution in [1.29, 1.82) is 0 Å². The van der Waals surface area contributed by atoms with Gasteiger partial charge < -0.3 is 10.6 Å². The Morgan fingerprint density at radius 2 is 1.89 bits per heavy atom. The normalized spacial score (nSPS) is 30.2. The second kappa shape index (κ2) is 6.90. The highest BCUT2D eigenvalue weighted by molar-refractivity contribution is 6.08. The van der Waals surface area contributed by atoms with Gasteiger partial charge >= 0.3 is 0 Å². The lowest BCUT2D eigenvalue weighted by Gasteiger charge is -2.19. The third kappa shape index (κ3) is 2.90. The molecule has 2 heterocycles. The zero-order valence-corrected chi connectivity index (χ0v) is 16.1. The predicted molar refractivity (Wildman–Crippen MR) is 104 cm³/mol. The molecule has 0 spiro atoms. The summed E-state index contributed by atoms with van der Waals surface area (Å²) < 4.78 is 0. The standard InChI is InChI=1S/C22H27N3O3/c26-18(24-9-7-13-3-6-17-14(10-13)2-1-8-23-17)12-25-21(27)19-15-4-5-16(11-15)20(19)22(25)28/h3,6,10,15-16,19-20,23H,1-2,4-5,7-9,11-12H2,(H,24,26)/t15-,16?,19-,20+/m0/s1. The van der Waals surface area contributed by atoms with Crippen molar-refractivity contribution in [2.75, 3.05) is 25.0 Å². The Morgan fingerprint density at radius 1 is 1.14 bits per heavy atom. The van der Waals surface area contributed by atoms with Crippen molar-refractivity contribution in [2.45, 2.75) is 38.5 Å². The van der Waals surface area contributed by atoms with Gasteiger partial charge in [-0.3, -0.25) is 19.3 Å². The number of likely N-dealkylation sites (tertiary alicyclic amines) is 1. The van der Waals surface area contributed by atoms with Crippen LogP contribution in [-0.2, 0) is 27.2 Å². The summed E-state index contributed by atoms with van der Waals surface area (Å²) in [5.74, 6) is -0.0462. The first kappa shape index (κ1) is 17.7. The van der Waals surface area contributed by atoms with Crippen LogP contribution in [0, 0.1) is 23.7 Å². The van der Waals surface area contributed by atoms with Gasteiger partial charge in [0.2, 0.25) is 17.7 Å². The molecular formula is C22H27N3O3. The fraction of sp³-hybridized carbons (Fsp3) is 0.591. The monoisotopic (exact) mass is 381 g/mol. The van der Waals surface area contributed by atoms with Crippen molar-refractivity contribution in [1.82, 2.24) is 10.2 Å². The topological polar surface area (TPSA) is 78.5 Å². The summed E-state index contributed by atoms with van der Waals surface area (Å²) in [5, 5.41) is 6.28. The van der Waals surface area contributed by atoms with E-state index in [0.717, 1.165) is 45.1 Å². The molecule has 0 radical (unpaired) electrons. The zero-order valence-electron chi connectivity index (χ0n) is 16.1. The molecule has 4 aliphatic rings. The number of fused-ring (bicyclic) bond motifs is 6. The zero-order chi connectivity index (χ0) is 19.3. The molecule has 0 aromatic heterocycles. The first-order valence-electron chi connectivity index (χ1n) is 10.6. The molecule has 6 heteroatoms. The Kier molecular flexibility index (Phi) is 4.37. The molecule has 2 bridgehead atoms. The lowest BCUT2D eigenvalue weighted by Crippen LogP contribution is -2.42. The van der Waals surface area contributed by atoms with Crippen LogP contribution in [0.15, 0.2) is 18.2 Å². The maximum Gasteiger partial charge on any atom is 0.240 e. The number of imide groups is 1. The van der Waals surface area contributed by atoms with E-state index < -0.39 is 0 Å². The Morgan fingerprint density at radius 3 is 2.64 bits per heavy atom. The summed E-state index contributed by atoms with van der Waals surface area (Å²) in [6.07, 6.45) is 6.11. The number of amides is 3. The lowest BCUT2D eigenvalue weighted by atomic mass is 9.81.